The molecule has 0 saturated heterocycles. The maximum Gasteiger partial charge on any atom is 0.451 e. The van der Waals surface area contributed by atoms with Crippen LogP contribution in [-0.2, 0) is 12.7 Å². The fourth-order valence-corrected chi connectivity index (χ4v) is 5.93. The average Bonchev–Trinajstić information content (AvgIpc) is 3.67. The van der Waals surface area contributed by atoms with Crippen molar-refractivity contribution in [1.82, 2.24) is 19.5 Å². The van der Waals surface area contributed by atoms with Gasteiger partial charge in [-0.1, -0.05) is 17.7 Å². The topological polar surface area (TPSA) is 80.9 Å². The summed E-state index contributed by atoms with van der Waals surface area (Å²) >= 11 is 7.01. The first-order valence-electron chi connectivity index (χ1n) is 11.8. The molecule has 40 heavy (non-hydrogen) atoms. The summed E-state index contributed by atoms with van der Waals surface area (Å²) in [6.45, 7) is -0.353. The Hall–Kier alpha value is -3.71. The molecule has 0 aliphatic heterocycles. The highest BCUT2D eigenvalue weighted by molar-refractivity contribution is 7.25. The molecule has 6 rings (SSSR count). The standard InChI is InChI=1S/C26H15ClF6N4O2S/c27-16-4-3-12-18-23(40-20(12)19(16)38)36-22(14-6-17(28)15(21(29)30)5-13(14)11-1-2-11)37(24(18)39)9-10-7-34-25(35-8-10)26(31,32)33/h3-8,11,21,38H,1-2,9H2. The van der Waals surface area contributed by atoms with Gasteiger partial charge in [0.25, 0.3) is 12.0 Å². The minimum atomic E-state index is -4.77. The van der Waals surface area contributed by atoms with Gasteiger partial charge in [-0.3, -0.25) is 9.36 Å². The van der Waals surface area contributed by atoms with E-state index in [0.29, 0.717) is 23.8 Å². The summed E-state index contributed by atoms with van der Waals surface area (Å²) in [4.78, 5) is 25.4. The van der Waals surface area contributed by atoms with E-state index in [0.717, 1.165) is 40.4 Å². The quantitative estimate of drug-likeness (QED) is 0.213. The van der Waals surface area contributed by atoms with Gasteiger partial charge in [0, 0.05) is 28.9 Å². The maximum atomic E-state index is 14.9. The summed E-state index contributed by atoms with van der Waals surface area (Å²) in [6, 6.07) is 4.91. The molecule has 0 unspecified atom stereocenters. The van der Waals surface area contributed by atoms with E-state index in [9.17, 15) is 36.2 Å². The molecule has 1 fully saturated rings. The fraction of sp³-hybridized carbons (Fsp3) is 0.231. The van der Waals surface area contributed by atoms with E-state index in [2.05, 4.69) is 15.0 Å². The number of aromatic hydroxyl groups is 1. The van der Waals surface area contributed by atoms with E-state index in [-0.39, 0.29) is 55.1 Å². The number of fused-ring (bicyclic) bond motifs is 3. The molecule has 3 heterocycles. The monoisotopic (exact) mass is 596 g/mol. The van der Waals surface area contributed by atoms with Crippen LogP contribution in [0, 0.1) is 5.82 Å². The van der Waals surface area contributed by atoms with Gasteiger partial charge in [-0.15, -0.1) is 11.3 Å². The predicted molar refractivity (Wildman–Crippen MR) is 137 cm³/mol. The third kappa shape index (κ3) is 4.46. The van der Waals surface area contributed by atoms with E-state index in [1.807, 2.05) is 0 Å². The van der Waals surface area contributed by atoms with Gasteiger partial charge in [-0.25, -0.2) is 28.1 Å². The summed E-state index contributed by atoms with van der Waals surface area (Å²) in [7, 11) is 0. The van der Waals surface area contributed by atoms with Gasteiger partial charge < -0.3 is 5.11 Å². The lowest BCUT2D eigenvalue weighted by Crippen LogP contribution is -2.24. The Morgan fingerprint density at radius 3 is 2.48 bits per heavy atom. The van der Waals surface area contributed by atoms with Crippen molar-refractivity contribution >= 4 is 43.2 Å². The molecule has 1 saturated carbocycles. The molecule has 1 N–H and O–H groups in total. The minimum Gasteiger partial charge on any atom is -0.505 e. The number of nitrogens with zero attached hydrogens (tertiary/aromatic N) is 4. The molecule has 1 aliphatic carbocycles. The molecule has 0 atom stereocenters. The number of alkyl halides is 5. The van der Waals surface area contributed by atoms with E-state index >= 15 is 0 Å². The Morgan fingerprint density at radius 2 is 1.85 bits per heavy atom. The summed E-state index contributed by atoms with van der Waals surface area (Å²) in [5, 5.41) is 11.0. The van der Waals surface area contributed by atoms with Crippen molar-refractivity contribution in [3.63, 3.8) is 0 Å². The third-order valence-electron chi connectivity index (χ3n) is 6.65. The first-order chi connectivity index (χ1) is 18.9. The smallest absolute Gasteiger partial charge is 0.451 e. The number of halogens is 7. The van der Waals surface area contributed by atoms with Crippen LogP contribution in [-0.4, -0.2) is 24.6 Å². The number of benzene rings is 2. The number of rotatable bonds is 5. The predicted octanol–water partition coefficient (Wildman–Crippen LogP) is 7.45. The molecule has 6 nitrogen and oxygen atoms in total. The Labute approximate surface area is 229 Å². The zero-order valence-corrected chi connectivity index (χ0v) is 21.5. The lowest BCUT2D eigenvalue weighted by Gasteiger charge is -2.17. The molecule has 0 amide bonds. The summed E-state index contributed by atoms with van der Waals surface area (Å²) in [5.74, 6) is -3.05. The highest BCUT2D eigenvalue weighted by Gasteiger charge is 2.35. The van der Waals surface area contributed by atoms with Gasteiger partial charge in [0.15, 0.2) is 5.75 Å². The van der Waals surface area contributed by atoms with Crippen LogP contribution in [0.2, 0.25) is 5.02 Å². The summed E-state index contributed by atoms with van der Waals surface area (Å²) in [5.41, 5.74) is -0.824. The SMILES string of the molecule is O=c1c2c(nc(-c3cc(F)c(C(F)F)cc3C3CC3)n1Cc1cnc(C(F)(F)F)nc1)sc1c(O)c(Cl)ccc12. The maximum absolute atomic E-state index is 14.9. The molecule has 0 bridgehead atoms. The molecular formula is C26H15ClF6N4O2S. The molecule has 14 heteroatoms. The lowest BCUT2D eigenvalue weighted by molar-refractivity contribution is -0.145. The lowest BCUT2D eigenvalue weighted by atomic mass is 9.98. The van der Waals surface area contributed by atoms with Crippen molar-refractivity contribution < 1.29 is 31.4 Å². The third-order valence-corrected chi connectivity index (χ3v) is 8.06. The fourth-order valence-electron chi connectivity index (χ4n) is 4.60. The minimum absolute atomic E-state index is 0.0437. The number of thiophene rings is 1. The van der Waals surface area contributed by atoms with Crippen molar-refractivity contribution in [3.05, 3.63) is 80.4 Å². The highest BCUT2D eigenvalue weighted by Crippen LogP contribution is 2.47. The van der Waals surface area contributed by atoms with Crippen LogP contribution in [0.4, 0.5) is 26.3 Å². The second-order valence-electron chi connectivity index (χ2n) is 9.33. The Morgan fingerprint density at radius 1 is 1.15 bits per heavy atom. The molecule has 5 aromatic rings. The molecule has 0 spiro atoms. The van der Waals surface area contributed by atoms with Crippen molar-refractivity contribution in [3.8, 4) is 17.1 Å². The number of aromatic nitrogens is 4. The molecule has 0 radical (unpaired) electrons. The van der Waals surface area contributed by atoms with E-state index in [1.54, 1.807) is 0 Å². The van der Waals surface area contributed by atoms with Crippen LogP contribution in [0.25, 0.3) is 31.7 Å². The van der Waals surface area contributed by atoms with Gasteiger partial charge in [-0.05, 0) is 42.5 Å². The zero-order valence-electron chi connectivity index (χ0n) is 19.9. The van der Waals surface area contributed by atoms with Gasteiger partial charge >= 0.3 is 6.18 Å². The normalized spacial score (nSPS) is 14.1. The Bertz CT molecular complexity index is 1870. The van der Waals surface area contributed by atoms with E-state index in [4.69, 9.17) is 11.6 Å². The number of hydrogen-bond donors (Lipinski definition) is 1. The van der Waals surface area contributed by atoms with Crippen LogP contribution in [0.1, 0.15) is 47.7 Å². The van der Waals surface area contributed by atoms with Crippen LogP contribution in [0.3, 0.4) is 0 Å². The van der Waals surface area contributed by atoms with Gasteiger partial charge in [0.1, 0.15) is 16.5 Å². The summed E-state index contributed by atoms with van der Waals surface area (Å²) in [6.07, 6.45) is -4.69. The zero-order chi connectivity index (χ0) is 28.5. The van der Waals surface area contributed by atoms with Crippen molar-refractivity contribution in [2.45, 2.75) is 37.9 Å². The van der Waals surface area contributed by atoms with Crippen molar-refractivity contribution in [2.24, 2.45) is 0 Å². The summed E-state index contributed by atoms with van der Waals surface area (Å²) < 4.78 is 82.3. The van der Waals surface area contributed by atoms with E-state index in [1.165, 1.54) is 12.1 Å². The first kappa shape index (κ1) is 26.5. The first-order valence-corrected chi connectivity index (χ1v) is 13.0. The van der Waals surface area contributed by atoms with Crippen LogP contribution < -0.4 is 5.56 Å². The van der Waals surface area contributed by atoms with Crippen LogP contribution >= 0.6 is 22.9 Å². The number of hydrogen-bond acceptors (Lipinski definition) is 6. The molecular weight excluding hydrogens is 582 g/mol. The number of phenolic OH excluding ortho intramolecular Hbond substituents is 1. The van der Waals surface area contributed by atoms with Gasteiger partial charge in [0.05, 0.1) is 27.2 Å². The highest BCUT2D eigenvalue weighted by atomic mass is 35.5. The van der Waals surface area contributed by atoms with Gasteiger partial charge in [-0.2, -0.15) is 13.2 Å². The molecule has 2 aromatic carbocycles. The van der Waals surface area contributed by atoms with Crippen molar-refractivity contribution in [2.75, 3.05) is 0 Å². The Kier molecular flexibility index (Phi) is 6.26. The van der Waals surface area contributed by atoms with Crippen LogP contribution in [0.15, 0.2) is 41.5 Å². The largest absolute Gasteiger partial charge is 0.505 e. The van der Waals surface area contributed by atoms with Crippen molar-refractivity contribution in [1.29, 1.82) is 0 Å². The van der Waals surface area contributed by atoms with E-state index < -0.39 is 35.4 Å². The van der Waals surface area contributed by atoms with Gasteiger partial charge in [0.2, 0.25) is 5.82 Å². The molecule has 3 aromatic heterocycles. The molecule has 206 valence electrons. The Balaban J connectivity index is 1.63. The van der Waals surface area contributed by atoms with Crippen LogP contribution in [0.5, 0.6) is 5.75 Å². The number of phenols is 1. The average molecular weight is 597 g/mol. The molecule has 1 aliphatic rings. The second-order valence-corrected chi connectivity index (χ2v) is 10.7. The second kappa shape index (κ2) is 9.44.